The molecule has 0 unspecified atom stereocenters. The lowest BCUT2D eigenvalue weighted by molar-refractivity contribution is -0.131. The third-order valence-electron chi connectivity index (χ3n) is 3.26. The van der Waals surface area contributed by atoms with Crippen molar-refractivity contribution < 1.29 is 15.0 Å². The fourth-order valence-electron chi connectivity index (χ4n) is 1.90. The first-order valence-electron chi connectivity index (χ1n) is 6.58. The van der Waals surface area contributed by atoms with E-state index in [1.54, 1.807) is 12.1 Å². The largest absolute Gasteiger partial charge is 0.508 e. The maximum atomic E-state index is 9.29. The van der Waals surface area contributed by atoms with Crippen molar-refractivity contribution in [2.24, 2.45) is 0 Å². The van der Waals surface area contributed by atoms with E-state index in [-0.39, 0.29) is 5.41 Å². The van der Waals surface area contributed by atoms with E-state index in [0.717, 1.165) is 6.08 Å². The minimum atomic E-state index is -0.981. The number of benzene rings is 2. The molecule has 2 N–H and O–H groups in total. The Morgan fingerprint density at radius 2 is 1.43 bits per heavy atom. The number of aliphatic carboxylic acids is 1. The number of aromatic hydroxyl groups is 1. The summed E-state index contributed by atoms with van der Waals surface area (Å²) in [6.45, 7) is 7.34. The number of rotatable bonds is 3. The summed E-state index contributed by atoms with van der Waals surface area (Å²) in [5, 5.41) is 16.9. The van der Waals surface area contributed by atoms with Crippen molar-refractivity contribution >= 4 is 5.97 Å². The molecule has 0 aliphatic carbocycles. The maximum Gasteiger partial charge on any atom is 0.327 e. The highest BCUT2D eigenvalue weighted by Crippen LogP contribution is 2.31. The molecule has 0 saturated heterocycles. The van der Waals surface area contributed by atoms with Gasteiger partial charge in [-0.3, -0.25) is 0 Å². The molecule has 0 heterocycles. The van der Waals surface area contributed by atoms with Crippen molar-refractivity contribution in [3.63, 3.8) is 0 Å². The molecule has 2 aromatic carbocycles. The topological polar surface area (TPSA) is 57.5 Å². The van der Waals surface area contributed by atoms with Crippen molar-refractivity contribution in [1.29, 1.82) is 0 Å². The Morgan fingerprint density at radius 1 is 1.00 bits per heavy atom. The number of carbonyl (C=O) groups is 1. The van der Waals surface area contributed by atoms with E-state index in [1.807, 2.05) is 18.2 Å². The van der Waals surface area contributed by atoms with Crippen LogP contribution in [-0.2, 0) is 10.2 Å². The Balaban J connectivity index is 0.000000383. The summed E-state index contributed by atoms with van der Waals surface area (Å²) in [5.41, 5.74) is 2.45. The van der Waals surface area contributed by atoms with Crippen LogP contribution in [0.25, 0.3) is 0 Å². The number of carboxylic acids is 1. The predicted octanol–water partition coefficient (Wildman–Crippen LogP) is 3.98. The van der Waals surface area contributed by atoms with Crippen LogP contribution in [0.4, 0.5) is 0 Å². The highest BCUT2D eigenvalue weighted by atomic mass is 16.4. The number of carboxylic acid groups (broad SMARTS) is 1. The van der Waals surface area contributed by atoms with Crippen LogP contribution >= 0.6 is 0 Å². The zero-order chi connectivity index (χ0) is 15.9. The summed E-state index contributed by atoms with van der Waals surface area (Å²) in [4.78, 5) is 9.25. The summed E-state index contributed by atoms with van der Waals surface area (Å²) < 4.78 is 0. The average molecular weight is 284 g/mol. The number of phenols is 1. The van der Waals surface area contributed by atoms with E-state index in [9.17, 15) is 9.90 Å². The molecule has 2 aromatic rings. The first kappa shape index (κ1) is 16.5. The fraction of sp³-hybridized carbons (Fsp3) is 0.167. The van der Waals surface area contributed by atoms with Crippen LogP contribution in [0, 0.1) is 0 Å². The van der Waals surface area contributed by atoms with Crippen LogP contribution in [0.15, 0.2) is 67.3 Å². The zero-order valence-corrected chi connectivity index (χ0v) is 12.3. The van der Waals surface area contributed by atoms with Crippen LogP contribution < -0.4 is 0 Å². The minimum absolute atomic E-state index is 0.0328. The summed E-state index contributed by atoms with van der Waals surface area (Å²) in [5.74, 6) is -0.669. The molecule has 21 heavy (non-hydrogen) atoms. The third-order valence-corrected chi connectivity index (χ3v) is 3.26. The summed E-state index contributed by atoms with van der Waals surface area (Å²) in [6.07, 6.45) is 0.833. The standard InChI is InChI=1S/C15H16O.C3H4O2/c1-15(2,12-6-4-3-5-7-12)13-8-10-14(16)11-9-13;1-2-3(4)5/h3-11,16H,1-2H3;2H,1H2,(H,4,5). The van der Waals surface area contributed by atoms with E-state index in [1.165, 1.54) is 11.1 Å². The molecule has 0 radical (unpaired) electrons. The molecule has 0 aliphatic heterocycles. The molecule has 0 spiro atoms. The monoisotopic (exact) mass is 284 g/mol. The highest BCUT2D eigenvalue weighted by Gasteiger charge is 2.22. The first-order chi connectivity index (χ1) is 9.87. The van der Waals surface area contributed by atoms with E-state index < -0.39 is 5.97 Å². The van der Waals surface area contributed by atoms with Crippen molar-refractivity contribution in [1.82, 2.24) is 0 Å². The highest BCUT2D eigenvalue weighted by molar-refractivity contribution is 5.78. The van der Waals surface area contributed by atoms with Gasteiger partial charge < -0.3 is 10.2 Å². The van der Waals surface area contributed by atoms with Gasteiger partial charge in [-0.05, 0) is 23.3 Å². The number of phenolic OH excluding ortho intramolecular Hbond substituents is 1. The van der Waals surface area contributed by atoms with Gasteiger partial charge in [0.05, 0.1) is 0 Å². The maximum absolute atomic E-state index is 9.29. The smallest absolute Gasteiger partial charge is 0.327 e. The van der Waals surface area contributed by atoms with E-state index in [4.69, 9.17) is 5.11 Å². The second kappa shape index (κ2) is 7.29. The second-order valence-electron chi connectivity index (χ2n) is 5.08. The van der Waals surface area contributed by atoms with Gasteiger partial charge in [0.15, 0.2) is 0 Å². The molecule has 0 aliphatic rings. The molecule has 0 saturated carbocycles. The molecule has 0 bridgehead atoms. The van der Waals surface area contributed by atoms with Crippen LogP contribution in [-0.4, -0.2) is 16.2 Å². The second-order valence-corrected chi connectivity index (χ2v) is 5.08. The Labute approximate surface area is 125 Å². The van der Waals surface area contributed by atoms with Gasteiger partial charge in [0, 0.05) is 11.5 Å². The van der Waals surface area contributed by atoms with Crippen LogP contribution in [0.1, 0.15) is 25.0 Å². The molecule has 0 aromatic heterocycles. The number of hydrogen-bond donors (Lipinski definition) is 2. The van der Waals surface area contributed by atoms with Crippen LogP contribution in [0.5, 0.6) is 5.75 Å². The van der Waals surface area contributed by atoms with E-state index in [2.05, 4.69) is 44.7 Å². The normalized spacial score (nSPS) is 10.2. The molecular weight excluding hydrogens is 264 g/mol. The van der Waals surface area contributed by atoms with Crippen molar-refractivity contribution in [2.45, 2.75) is 19.3 Å². The van der Waals surface area contributed by atoms with Crippen LogP contribution in [0.2, 0.25) is 0 Å². The lowest BCUT2D eigenvalue weighted by Gasteiger charge is -2.26. The minimum Gasteiger partial charge on any atom is -0.508 e. The number of hydrogen-bond acceptors (Lipinski definition) is 2. The lowest BCUT2D eigenvalue weighted by atomic mass is 9.78. The van der Waals surface area contributed by atoms with Gasteiger partial charge in [0.2, 0.25) is 0 Å². The molecule has 0 amide bonds. The first-order valence-corrected chi connectivity index (χ1v) is 6.58. The Morgan fingerprint density at radius 3 is 1.86 bits per heavy atom. The van der Waals surface area contributed by atoms with Gasteiger partial charge in [-0.1, -0.05) is 62.9 Å². The van der Waals surface area contributed by atoms with E-state index >= 15 is 0 Å². The molecule has 3 heteroatoms. The summed E-state index contributed by atoms with van der Waals surface area (Å²) in [7, 11) is 0. The van der Waals surface area contributed by atoms with Gasteiger partial charge in [-0.15, -0.1) is 0 Å². The average Bonchev–Trinajstić information content (AvgIpc) is 2.49. The van der Waals surface area contributed by atoms with Gasteiger partial charge in [-0.2, -0.15) is 0 Å². The van der Waals surface area contributed by atoms with Gasteiger partial charge in [-0.25, -0.2) is 4.79 Å². The summed E-state index contributed by atoms with van der Waals surface area (Å²) >= 11 is 0. The van der Waals surface area contributed by atoms with Crippen molar-refractivity contribution in [3.05, 3.63) is 78.4 Å². The lowest BCUT2D eigenvalue weighted by Crippen LogP contribution is -2.18. The zero-order valence-electron chi connectivity index (χ0n) is 12.3. The van der Waals surface area contributed by atoms with Crippen molar-refractivity contribution in [2.75, 3.05) is 0 Å². The Kier molecular flexibility index (Phi) is 5.73. The van der Waals surface area contributed by atoms with Gasteiger partial charge >= 0.3 is 5.97 Å². The van der Waals surface area contributed by atoms with E-state index in [0.29, 0.717) is 5.75 Å². The van der Waals surface area contributed by atoms with Gasteiger partial charge in [0.1, 0.15) is 5.75 Å². The molecule has 0 fully saturated rings. The fourth-order valence-corrected chi connectivity index (χ4v) is 1.90. The van der Waals surface area contributed by atoms with Gasteiger partial charge in [0.25, 0.3) is 0 Å². The predicted molar refractivity (Wildman–Crippen MR) is 84.5 cm³/mol. The van der Waals surface area contributed by atoms with Crippen molar-refractivity contribution in [3.8, 4) is 5.75 Å². The molecule has 110 valence electrons. The molecule has 0 atom stereocenters. The molecular formula is C18H20O3. The Bertz CT molecular complexity index is 584. The SMILES string of the molecule is C=CC(=O)O.CC(C)(c1ccccc1)c1ccc(O)cc1. The van der Waals surface area contributed by atoms with Crippen LogP contribution in [0.3, 0.4) is 0 Å². The quantitative estimate of drug-likeness (QED) is 0.838. The Hall–Kier alpha value is -2.55. The third kappa shape index (κ3) is 4.80. The molecule has 3 nitrogen and oxygen atoms in total. The molecule has 2 rings (SSSR count). The summed E-state index contributed by atoms with van der Waals surface area (Å²) in [6, 6.07) is 17.8.